The van der Waals surface area contributed by atoms with Gasteiger partial charge in [-0.3, -0.25) is 4.99 Å². The fraction of sp³-hybridized carbons (Fsp3) is 0.591. The van der Waals surface area contributed by atoms with Crippen LogP contribution in [-0.2, 0) is 4.74 Å². The molecule has 0 amide bonds. The fourth-order valence-corrected chi connectivity index (χ4v) is 3.41. The van der Waals surface area contributed by atoms with E-state index in [9.17, 15) is 0 Å². The molecule has 0 radical (unpaired) electrons. The largest absolute Gasteiger partial charge is 0.373 e. The predicted molar refractivity (Wildman–Crippen MR) is 126 cm³/mol. The molecule has 1 fully saturated rings. The van der Waals surface area contributed by atoms with Crippen LogP contribution < -0.4 is 5.32 Å². The van der Waals surface area contributed by atoms with Gasteiger partial charge in [-0.05, 0) is 45.1 Å². The second kappa shape index (κ2) is 13.2. The van der Waals surface area contributed by atoms with E-state index in [-0.39, 0.29) is 30.1 Å². The van der Waals surface area contributed by atoms with Gasteiger partial charge in [0.1, 0.15) is 0 Å². The second-order valence-electron chi connectivity index (χ2n) is 7.15. The summed E-state index contributed by atoms with van der Waals surface area (Å²) in [7, 11) is 2.11. The van der Waals surface area contributed by atoms with Gasteiger partial charge in [-0.2, -0.15) is 0 Å². The van der Waals surface area contributed by atoms with Crippen LogP contribution in [0.25, 0.3) is 0 Å². The average Bonchev–Trinajstić information content (AvgIpc) is 2.66. The van der Waals surface area contributed by atoms with Crippen LogP contribution in [-0.4, -0.2) is 44.1 Å². The lowest BCUT2D eigenvalue weighted by molar-refractivity contribution is -0.0250. The van der Waals surface area contributed by atoms with Crippen LogP contribution in [0.15, 0.2) is 41.9 Å². The van der Waals surface area contributed by atoms with Crippen molar-refractivity contribution in [3.63, 3.8) is 0 Å². The van der Waals surface area contributed by atoms with Crippen molar-refractivity contribution in [3.8, 4) is 0 Å². The first-order valence-electron chi connectivity index (χ1n) is 9.94. The van der Waals surface area contributed by atoms with Crippen LogP contribution in [0.3, 0.4) is 0 Å². The number of unbranched alkanes of at least 4 members (excludes halogenated alkanes) is 1. The van der Waals surface area contributed by atoms with E-state index in [0.717, 1.165) is 51.5 Å². The molecule has 1 saturated heterocycles. The quantitative estimate of drug-likeness (QED) is 0.186. The van der Waals surface area contributed by atoms with Crippen molar-refractivity contribution >= 4 is 29.9 Å². The highest BCUT2D eigenvalue weighted by Crippen LogP contribution is 2.34. The predicted octanol–water partition coefficient (Wildman–Crippen LogP) is 4.94. The number of hydrogen-bond donors (Lipinski definition) is 1. The number of allylic oxidation sites excluding steroid dienone is 1. The van der Waals surface area contributed by atoms with Gasteiger partial charge in [0.2, 0.25) is 0 Å². The van der Waals surface area contributed by atoms with Crippen molar-refractivity contribution in [2.24, 2.45) is 10.9 Å². The van der Waals surface area contributed by atoms with E-state index < -0.39 is 0 Å². The third-order valence-electron chi connectivity index (χ3n) is 4.92. The van der Waals surface area contributed by atoms with Gasteiger partial charge in [0.25, 0.3) is 0 Å². The first-order valence-corrected chi connectivity index (χ1v) is 9.94. The number of ether oxygens (including phenoxy) is 1. The van der Waals surface area contributed by atoms with Gasteiger partial charge in [0.05, 0.1) is 6.10 Å². The topological polar surface area (TPSA) is 36.9 Å². The number of nitrogens with zero attached hydrogens (tertiary/aromatic N) is 2. The molecule has 0 aliphatic carbocycles. The van der Waals surface area contributed by atoms with Gasteiger partial charge in [0.15, 0.2) is 5.96 Å². The Balaban J connectivity index is 0.00000364. The normalized spacial score (nSPS) is 19.9. The molecule has 2 unspecified atom stereocenters. The standard InChI is InChI=1S/C22H35N3O.HI/c1-5-7-8-15-25(4)22(23-6-2)24-17-20-10-9-16-26-21(20)19-13-11-18(3)12-14-19;/h5,11-14,20-21H,1,6-10,15-17H2,2-4H3,(H,23,24);1H. The molecule has 5 heteroatoms. The first kappa shape index (κ1) is 24.0. The molecule has 0 spiro atoms. The lowest BCUT2D eigenvalue weighted by Crippen LogP contribution is -2.40. The molecule has 2 atom stereocenters. The van der Waals surface area contributed by atoms with Crippen LogP contribution in [0.1, 0.15) is 49.8 Å². The number of hydrogen-bond acceptors (Lipinski definition) is 2. The van der Waals surface area contributed by atoms with Gasteiger partial charge in [-0.1, -0.05) is 35.9 Å². The van der Waals surface area contributed by atoms with E-state index in [2.05, 4.69) is 62.0 Å². The maximum absolute atomic E-state index is 6.13. The minimum Gasteiger partial charge on any atom is -0.373 e. The summed E-state index contributed by atoms with van der Waals surface area (Å²) >= 11 is 0. The molecular formula is C22H36IN3O. The molecule has 0 bridgehead atoms. The molecule has 152 valence electrons. The van der Waals surface area contributed by atoms with E-state index in [4.69, 9.17) is 9.73 Å². The van der Waals surface area contributed by atoms with Gasteiger partial charge in [-0.15, -0.1) is 30.6 Å². The fourth-order valence-electron chi connectivity index (χ4n) is 3.41. The van der Waals surface area contributed by atoms with Gasteiger partial charge >= 0.3 is 0 Å². The smallest absolute Gasteiger partial charge is 0.193 e. The number of aryl methyl sites for hydroxylation is 1. The summed E-state index contributed by atoms with van der Waals surface area (Å²) < 4.78 is 6.13. The third kappa shape index (κ3) is 7.82. The molecule has 4 nitrogen and oxygen atoms in total. The van der Waals surface area contributed by atoms with E-state index >= 15 is 0 Å². The lowest BCUT2D eigenvalue weighted by Gasteiger charge is -2.32. The maximum Gasteiger partial charge on any atom is 0.193 e. The van der Waals surface area contributed by atoms with Crippen LogP contribution >= 0.6 is 24.0 Å². The van der Waals surface area contributed by atoms with Crippen molar-refractivity contribution in [1.29, 1.82) is 0 Å². The van der Waals surface area contributed by atoms with Crippen LogP contribution in [0.5, 0.6) is 0 Å². The summed E-state index contributed by atoms with van der Waals surface area (Å²) in [6, 6.07) is 8.75. The number of aliphatic imine (C=N–C) groups is 1. The van der Waals surface area contributed by atoms with Crippen LogP contribution in [0.2, 0.25) is 0 Å². The Morgan fingerprint density at radius 2 is 2.11 bits per heavy atom. The van der Waals surface area contributed by atoms with Crippen LogP contribution in [0, 0.1) is 12.8 Å². The second-order valence-corrected chi connectivity index (χ2v) is 7.15. The molecule has 1 N–H and O–H groups in total. The summed E-state index contributed by atoms with van der Waals surface area (Å²) in [5, 5.41) is 3.42. The average molecular weight is 485 g/mol. The Hall–Kier alpha value is -1.08. The number of rotatable bonds is 8. The molecule has 1 heterocycles. The Bertz CT molecular complexity index is 573. The van der Waals surface area contributed by atoms with Crippen LogP contribution in [0.4, 0.5) is 0 Å². The van der Waals surface area contributed by atoms with Gasteiger partial charge in [-0.25, -0.2) is 0 Å². The van der Waals surface area contributed by atoms with Crippen molar-refractivity contribution in [1.82, 2.24) is 10.2 Å². The highest BCUT2D eigenvalue weighted by molar-refractivity contribution is 14.0. The Morgan fingerprint density at radius 3 is 2.78 bits per heavy atom. The third-order valence-corrected chi connectivity index (χ3v) is 4.92. The SMILES string of the molecule is C=CCCCN(C)C(=NCC1CCCOC1c1ccc(C)cc1)NCC.I. The molecular weight excluding hydrogens is 449 g/mol. The molecule has 0 saturated carbocycles. The molecule has 2 rings (SSSR count). The lowest BCUT2D eigenvalue weighted by atomic mass is 9.89. The van der Waals surface area contributed by atoms with Crippen molar-refractivity contribution in [2.75, 3.05) is 33.3 Å². The number of halogens is 1. The number of benzene rings is 1. The highest BCUT2D eigenvalue weighted by atomic mass is 127. The van der Waals surface area contributed by atoms with Crippen molar-refractivity contribution in [2.45, 2.75) is 45.6 Å². The monoisotopic (exact) mass is 485 g/mol. The Labute approximate surface area is 182 Å². The molecule has 1 aliphatic heterocycles. The zero-order chi connectivity index (χ0) is 18.8. The molecule has 0 aromatic heterocycles. The number of guanidine groups is 1. The van der Waals surface area contributed by atoms with E-state index in [1.54, 1.807) is 0 Å². The van der Waals surface area contributed by atoms with Crippen molar-refractivity contribution < 1.29 is 4.74 Å². The molecule has 1 aromatic carbocycles. The van der Waals surface area contributed by atoms with E-state index in [1.165, 1.54) is 17.5 Å². The maximum atomic E-state index is 6.13. The summed E-state index contributed by atoms with van der Waals surface area (Å²) in [6.07, 6.45) is 6.56. The minimum atomic E-state index is 0. The Kier molecular flexibility index (Phi) is 11.7. The van der Waals surface area contributed by atoms with Gasteiger partial charge < -0.3 is 15.0 Å². The van der Waals surface area contributed by atoms with E-state index in [1.807, 2.05) is 6.08 Å². The first-order chi connectivity index (χ1) is 12.7. The molecule has 27 heavy (non-hydrogen) atoms. The van der Waals surface area contributed by atoms with Gasteiger partial charge in [0, 0.05) is 39.2 Å². The molecule has 1 aliphatic rings. The number of nitrogens with one attached hydrogen (secondary N) is 1. The zero-order valence-corrected chi connectivity index (χ0v) is 19.4. The van der Waals surface area contributed by atoms with Crippen molar-refractivity contribution in [3.05, 3.63) is 48.0 Å². The summed E-state index contributed by atoms with van der Waals surface area (Å²) in [5.41, 5.74) is 2.56. The minimum absolute atomic E-state index is 0. The summed E-state index contributed by atoms with van der Waals surface area (Å²) in [5.74, 6) is 1.42. The Morgan fingerprint density at radius 1 is 1.37 bits per heavy atom. The van der Waals surface area contributed by atoms with E-state index in [0.29, 0.717) is 5.92 Å². The highest BCUT2D eigenvalue weighted by Gasteiger charge is 2.27. The zero-order valence-electron chi connectivity index (χ0n) is 17.1. The summed E-state index contributed by atoms with van der Waals surface area (Å²) in [6.45, 7) is 11.6. The molecule has 1 aromatic rings. The summed E-state index contributed by atoms with van der Waals surface area (Å²) in [4.78, 5) is 7.15.